The average Bonchev–Trinajstić information content (AvgIpc) is 3.36. The fourth-order valence-corrected chi connectivity index (χ4v) is 3.07. The zero-order valence-corrected chi connectivity index (χ0v) is 16.8. The van der Waals surface area contributed by atoms with Crippen LogP contribution in [-0.4, -0.2) is 46.2 Å². The number of halogens is 1. The summed E-state index contributed by atoms with van der Waals surface area (Å²) >= 11 is 0. The van der Waals surface area contributed by atoms with Crippen molar-refractivity contribution >= 4 is 17.5 Å². The molecule has 1 saturated heterocycles. The van der Waals surface area contributed by atoms with E-state index >= 15 is 0 Å². The lowest BCUT2D eigenvalue weighted by molar-refractivity contribution is -0.119. The Morgan fingerprint density at radius 1 is 1.28 bits per heavy atom. The van der Waals surface area contributed by atoms with Crippen LogP contribution in [0.3, 0.4) is 0 Å². The molecule has 156 valence electrons. The molecule has 0 radical (unpaired) electrons. The van der Waals surface area contributed by atoms with Crippen molar-refractivity contribution in [1.29, 1.82) is 0 Å². The summed E-state index contributed by atoms with van der Waals surface area (Å²) in [6.07, 6.45) is 1.22. The minimum Gasteiger partial charge on any atom is -0.423 e. The quantitative estimate of drug-likeness (QED) is 0.762. The first-order chi connectivity index (χ1) is 13.9. The summed E-state index contributed by atoms with van der Waals surface area (Å²) in [4.78, 5) is 26.8. The molecule has 1 unspecified atom stereocenters. The molecular formula is C20H25FN4O4. The van der Waals surface area contributed by atoms with E-state index in [1.807, 2.05) is 20.8 Å². The first-order valence-corrected chi connectivity index (χ1v) is 9.68. The number of nitrogens with one attached hydrogen (secondary N) is 1. The Bertz CT molecular complexity index is 877. The summed E-state index contributed by atoms with van der Waals surface area (Å²) < 4.78 is 24.9. The normalized spacial score (nSPS) is 16.2. The molecular weight excluding hydrogens is 379 g/mol. The molecule has 1 aromatic carbocycles. The molecule has 8 nitrogen and oxygen atoms in total. The number of hydrogen-bond donors (Lipinski definition) is 1. The number of ether oxygens (including phenoxy) is 1. The Morgan fingerprint density at radius 2 is 2.03 bits per heavy atom. The molecule has 0 bridgehead atoms. The summed E-state index contributed by atoms with van der Waals surface area (Å²) in [5.41, 5.74) is 0.368. The van der Waals surface area contributed by atoms with Crippen LogP contribution in [0.5, 0.6) is 0 Å². The van der Waals surface area contributed by atoms with Crippen molar-refractivity contribution in [1.82, 2.24) is 15.1 Å². The third-order valence-corrected chi connectivity index (χ3v) is 4.71. The number of anilines is 1. The van der Waals surface area contributed by atoms with Gasteiger partial charge in [0.2, 0.25) is 17.7 Å². The lowest BCUT2D eigenvalue weighted by Crippen LogP contribution is -2.36. The summed E-state index contributed by atoms with van der Waals surface area (Å²) in [5.74, 6) is -0.711. The van der Waals surface area contributed by atoms with Crippen LogP contribution in [0.1, 0.15) is 49.3 Å². The van der Waals surface area contributed by atoms with Gasteiger partial charge in [-0.1, -0.05) is 6.92 Å². The van der Waals surface area contributed by atoms with E-state index < -0.39 is 11.7 Å². The number of hydrogen-bond acceptors (Lipinski definition) is 6. The number of carbonyl (C=O) groups excluding carboxylic acids is 2. The van der Waals surface area contributed by atoms with Crippen LogP contribution in [0.15, 0.2) is 22.6 Å². The van der Waals surface area contributed by atoms with E-state index in [1.54, 1.807) is 0 Å². The predicted octanol–water partition coefficient (Wildman–Crippen LogP) is 2.80. The van der Waals surface area contributed by atoms with Gasteiger partial charge < -0.3 is 19.4 Å². The standard InChI is InChI=1S/C20H25FN4O4/c1-4-17-23-24-18(29-17)10-25(12(2)3)20(27)14-7-15(21)9-16(8-14)22-19(26)13-5-6-28-11-13/h7-9,12-13H,4-6,10-11H2,1-3H3,(H,22,26). The molecule has 1 aromatic heterocycles. The molecule has 1 aliphatic heterocycles. The fraction of sp³-hybridized carbons (Fsp3) is 0.500. The smallest absolute Gasteiger partial charge is 0.254 e. The number of aryl methyl sites for hydroxylation is 1. The number of aromatic nitrogens is 2. The fourth-order valence-electron chi connectivity index (χ4n) is 3.07. The lowest BCUT2D eigenvalue weighted by Gasteiger charge is -2.25. The van der Waals surface area contributed by atoms with Crippen molar-refractivity contribution in [3.8, 4) is 0 Å². The van der Waals surface area contributed by atoms with E-state index in [9.17, 15) is 14.0 Å². The third kappa shape index (κ3) is 5.17. The molecule has 0 aliphatic carbocycles. The molecule has 1 aliphatic rings. The van der Waals surface area contributed by atoms with Crippen molar-refractivity contribution in [2.45, 2.75) is 46.2 Å². The van der Waals surface area contributed by atoms with Gasteiger partial charge in [0, 0.05) is 30.3 Å². The second-order valence-corrected chi connectivity index (χ2v) is 7.25. The second kappa shape index (κ2) is 9.13. The van der Waals surface area contributed by atoms with Gasteiger partial charge in [-0.15, -0.1) is 10.2 Å². The second-order valence-electron chi connectivity index (χ2n) is 7.25. The SMILES string of the molecule is CCc1nnc(CN(C(=O)c2cc(F)cc(NC(=O)C3CCOC3)c2)C(C)C)o1. The van der Waals surface area contributed by atoms with Gasteiger partial charge in [0.05, 0.1) is 19.1 Å². The van der Waals surface area contributed by atoms with Crippen LogP contribution in [-0.2, 0) is 22.5 Å². The Labute approximate surface area is 168 Å². The molecule has 2 amide bonds. The van der Waals surface area contributed by atoms with Crippen LogP contribution in [0.2, 0.25) is 0 Å². The van der Waals surface area contributed by atoms with Gasteiger partial charge in [-0.25, -0.2) is 4.39 Å². The molecule has 2 aromatic rings. The zero-order valence-electron chi connectivity index (χ0n) is 16.8. The van der Waals surface area contributed by atoms with Crippen LogP contribution >= 0.6 is 0 Å². The summed E-state index contributed by atoms with van der Waals surface area (Å²) in [7, 11) is 0. The average molecular weight is 404 g/mol. The predicted molar refractivity (Wildman–Crippen MR) is 103 cm³/mol. The van der Waals surface area contributed by atoms with Gasteiger partial charge in [0.25, 0.3) is 5.91 Å². The Kier molecular flexibility index (Phi) is 6.58. The number of rotatable bonds is 7. The molecule has 9 heteroatoms. The highest BCUT2D eigenvalue weighted by atomic mass is 19.1. The maximum Gasteiger partial charge on any atom is 0.254 e. The molecule has 1 atom stereocenters. The first-order valence-electron chi connectivity index (χ1n) is 9.68. The van der Waals surface area contributed by atoms with E-state index in [4.69, 9.17) is 9.15 Å². The summed E-state index contributed by atoms with van der Waals surface area (Å²) in [6, 6.07) is 3.63. The summed E-state index contributed by atoms with van der Waals surface area (Å²) in [6.45, 7) is 6.57. The third-order valence-electron chi connectivity index (χ3n) is 4.71. The highest BCUT2D eigenvalue weighted by Gasteiger charge is 2.25. The van der Waals surface area contributed by atoms with Gasteiger partial charge in [0.1, 0.15) is 5.82 Å². The van der Waals surface area contributed by atoms with Gasteiger partial charge in [-0.2, -0.15) is 0 Å². The minimum absolute atomic E-state index is 0.112. The van der Waals surface area contributed by atoms with E-state index in [-0.39, 0.29) is 35.7 Å². The van der Waals surface area contributed by atoms with Crippen molar-refractivity contribution in [3.05, 3.63) is 41.4 Å². The molecule has 1 N–H and O–H groups in total. The van der Waals surface area contributed by atoms with Crippen molar-refractivity contribution in [2.24, 2.45) is 5.92 Å². The Morgan fingerprint density at radius 3 is 2.66 bits per heavy atom. The monoisotopic (exact) mass is 404 g/mol. The van der Waals surface area contributed by atoms with Crippen molar-refractivity contribution in [2.75, 3.05) is 18.5 Å². The lowest BCUT2D eigenvalue weighted by atomic mass is 10.1. The summed E-state index contributed by atoms with van der Waals surface area (Å²) in [5, 5.41) is 10.5. The van der Waals surface area contributed by atoms with E-state index in [2.05, 4.69) is 15.5 Å². The van der Waals surface area contributed by atoms with Crippen LogP contribution in [0.4, 0.5) is 10.1 Å². The molecule has 3 rings (SSSR count). The molecule has 0 saturated carbocycles. The van der Waals surface area contributed by atoms with E-state index in [1.165, 1.54) is 17.0 Å². The first kappa shape index (κ1) is 20.9. The van der Waals surface area contributed by atoms with E-state index in [0.29, 0.717) is 37.8 Å². The van der Waals surface area contributed by atoms with E-state index in [0.717, 1.165) is 6.07 Å². The van der Waals surface area contributed by atoms with Gasteiger partial charge in [0.15, 0.2) is 0 Å². The van der Waals surface area contributed by atoms with Gasteiger partial charge in [-0.3, -0.25) is 9.59 Å². The maximum atomic E-state index is 14.2. The van der Waals surface area contributed by atoms with Crippen molar-refractivity contribution < 1.29 is 23.1 Å². The number of amides is 2. The van der Waals surface area contributed by atoms with Gasteiger partial charge in [-0.05, 0) is 38.5 Å². The van der Waals surface area contributed by atoms with Crippen molar-refractivity contribution in [3.63, 3.8) is 0 Å². The number of carbonyl (C=O) groups is 2. The van der Waals surface area contributed by atoms with Crippen LogP contribution in [0, 0.1) is 11.7 Å². The number of nitrogens with zero attached hydrogens (tertiary/aromatic N) is 3. The molecule has 2 heterocycles. The highest BCUT2D eigenvalue weighted by molar-refractivity contribution is 5.98. The van der Waals surface area contributed by atoms with Gasteiger partial charge >= 0.3 is 0 Å². The Hall–Kier alpha value is -2.81. The van der Waals surface area contributed by atoms with Crippen LogP contribution in [0.25, 0.3) is 0 Å². The topological polar surface area (TPSA) is 97.6 Å². The van der Waals surface area contributed by atoms with Crippen LogP contribution < -0.4 is 5.32 Å². The maximum absolute atomic E-state index is 14.2. The highest BCUT2D eigenvalue weighted by Crippen LogP contribution is 2.21. The zero-order chi connectivity index (χ0) is 21.0. The molecule has 1 fully saturated rings. The molecule has 29 heavy (non-hydrogen) atoms. The molecule has 0 spiro atoms. The number of benzene rings is 1. The minimum atomic E-state index is -0.608. The Balaban J connectivity index is 1.78. The largest absolute Gasteiger partial charge is 0.423 e.